The van der Waals surface area contributed by atoms with E-state index in [2.05, 4.69) is 11.4 Å². The molecule has 0 radical (unpaired) electrons. The summed E-state index contributed by atoms with van der Waals surface area (Å²) in [6.45, 7) is 3.80. The van der Waals surface area contributed by atoms with Crippen molar-refractivity contribution < 1.29 is 4.79 Å². The first-order valence-electron chi connectivity index (χ1n) is 5.52. The van der Waals surface area contributed by atoms with Crippen molar-refractivity contribution in [3.8, 4) is 6.07 Å². The first-order chi connectivity index (χ1) is 8.08. The highest BCUT2D eigenvalue weighted by atomic mass is 35.5. The van der Waals surface area contributed by atoms with Gasteiger partial charge in [-0.3, -0.25) is 4.79 Å². The minimum Gasteiger partial charge on any atom is -0.348 e. The van der Waals surface area contributed by atoms with Crippen LogP contribution in [0, 0.1) is 18.3 Å². The van der Waals surface area contributed by atoms with E-state index >= 15 is 0 Å². The summed E-state index contributed by atoms with van der Waals surface area (Å²) in [5, 5.41) is 12.0. The van der Waals surface area contributed by atoms with Gasteiger partial charge in [-0.25, -0.2) is 0 Å². The van der Waals surface area contributed by atoms with Crippen LogP contribution in [0.1, 0.15) is 35.7 Å². The zero-order chi connectivity index (χ0) is 12.8. The van der Waals surface area contributed by atoms with Crippen LogP contribution in [0.5, 0.6) is 0 Å². The predicted octanol–water partition coefficient (Wildman–Crippen LogP) is 3.07. The lowest BCUT2D eigenvalue weighted by Gasteiger charge is -2.14. The molecule has 0 aliphatic carbocycles. The summed E-state index contributed by atoms with van der Waals surface area (Å²) in [7, 11) is 0. The van der Waals surface area contributed by atoms with Gasteiger partial charge in [0.15, 0.2) is 0 Å². The van der Waals surface area contributed by atoms with E-state index in [0.717, 1.165) is 12.0 Å². The van der Waals surface area contributed by atoms with Crippen molar-refractivity contribution in [1.82, 2.24) is 5.32 Å². The van der Waals surface area contributed by atoms with Crippen molar-refractivity contribution in [3.63, 3.8) is 0 Å². The number of nitrogens with zero attached hydrogens (tertiary/aromatic N) is 1. The zero-order valence-electron chi connectivity index (χ0n) is 9.96. The van der Waals surface area contributed by atoms with Crippen LogP contribution in [-0.2, 0) is 0 Å². The monoisotopic (exact) mass is 250 g/mol. The molecule has 1 amide bonds. The Hall–Kier alpha value is -1.53. The highest BCUT2D eigenvalue weighted by molar-refractivity contribution is 6.31. The largest absolute Gasteiger partial charge is 0.348 e. The number of carbonyl (C=O) groups excluding carboxylic acids is 1. The topological polar surface area (TPSA) is 52.9 Å². The standard InChI is InChI=1S/C13H15ClN2O/c1-3-11(6-7-15)16-13(17)12-8-10(14)5-4-9(12)2/h4-5,8,11H,3,6H2,1-2H3,(H,16,17). The van der Waals surface area contributed by atoms with E-state index in [9.17, 15) is 4.79 Å². The van der Waals surface area contributed by atoms with Gasteiger partial charge in [0.2, 0.25) is 0 Å². The predicted molar refractivity (Wildman–Crippen MR) is 68.0 cm³/mol. The minimum atomic E-state index is -0.174. The average molecular weight is 251 g/mol. The zero-order valence-corrected chi connectivity index (χ0v) is 10.7. The molecule has 1 rings (SSSR count). The second-order valence-corrected chi connectivity index (χ2v) is 4.34. The molecule has 0 heterocycles. The van der Waals surface area contributed by atoms with Gasteiger partial charge in [0.25, 0.3) is 5.91 Å². The molecular weight excluding hydrogens is 236 g/mol. The van der Waals surface area contributed by atoms with E-state index < -0.39 is 0 Å². The highest BCUT2D eigenvalue weighted by Gasteiger charge is 2.14. The summed E-state index contributed by atoms with van der Waals surface area (Å²) in [5.74, 6) is -0.174. The second kappa shape index (κ2) is 6.27. The number of hydrogen-bond donors (Lipinski definition) is 1. The molecule has 0 spiro atoms. The highest BCUT2D eigenvalue weighted by Crippen LogP contribution is 2.15. The minimum absolute atomic E-state index is 0.106. The number of amides is 1. The molecule has 1 unspecified atom stereocenters. The average Bonchev–Trinajstić information content (AvgIpc) is 2.31. The first-order valence-corrected chi connectivity index (χ1v) is 5.90. The van der Waals surface area contributed by atoms with E-state index in [4.69, 9.17) is 16.9 Å². The van der Waals surface area contributed by atoms with E-state index in [1.165, 1.54) is 0 Å². The van der Waals surface area contributed by atoms with Crippen LogP contribution in [0.25, 0.3) is 0 Å². The quantitative estimate of drug-likeness (QED) is 0.893. The van der Waals surface area contributed by atoms with Crippen molar-refractivity contribution in [1.29, 1.82) is 5.26 Å². The summed E-state index contributed by atoms with van der Waals surface area (Å²) >= 11 is 5.86. The number of benzene rings is 1. The van der Waals surface area contributed by atoms with Gasteiger partial charge in [-0.15, -0.1) is 0 Å². The van der Waals surface area contributed by atoms with E-state index in [1.54, 1.807) is 12.1 Å². The Morgan fingerprint density at radius 1 is 1.59 bits per heavy atom. The Balaban J connectivity index is 2.82. The molecule has 1 N–H and O–H groups in total. The Morgan fingerprint density at radius 2 is 2.29 bits per heavy atom. The molecule has 0 aliphatic heterocycles. The maximum atomic E-state index is 12.0. The van der Waals surface area contributed by atoms with Crippen LogP contribution >= 0.6 is 11.6 Å². The van der Waals surface area contributed by atoms with Gasteiger partial charge in [0, 0.05) is 16.6 Å². The van der Waals surface area contributed by atoms with Gasteiger partial charge in [0.1, 0.15) is 0 Å². The van der Waals surface area contributed by atoms with E-state index in [1.807, 2.05) is 19.9 Å². The van der Waals surface area contributed by atoms with Crippen molar-refractivity contribution in [3.05, 3.63) is 34.3 Å². The summed E-state index contributed by atoms with van der Waals surface area (Å²) in [4.78, 5) is 12.0. The first kappa shape index (κ1) is 13.5. The van der Waals surface area contributed by atoms with Crippen LogP contribution in [0.2, 0.25) is 5.02 Å². The van der Waals surface area contributed by atoms with Crippen molar-refractivity contribution in [2.24, 2.45) is 0 Å². The third-order valence-corrected chi connectivity index (χ3v) is 2.85. The Labute approximate surface area is 106 Å². The maximum Gasteiger partial charge on any atom is 0.251 e. The SMILES string of the molecule is CCC(CC#N)NC(=O)c1cc(Cl)ccc1C. The lowest BCUT2D eigenvalue weighted by atomic mass is 10.1. The number of halogens is 1. The van der Waals surface area contributed by atoms with Gasteiger partial charge < -0.3 is 5.32 Å². The summed E-state index contributed by atoms with van der Waals surface area (Å²) in [5.41, 5.74) is 1.44. The van der Waals surface area contributed by atoms with Gasteiger partial charge in [-0.05, 0) is 31.0 Å². The number of carbonyl (C=O) groups is 1. The van der Waals surface area contributed by atoms with Crippen LogP contribution in [0.3, 0.4) is 0 Å². The van der Waals surface area contributed by atoms with Gasteiger partial charge >= 0.3 is 0 Å². The molecule has 0 aliphatic rings. The number of hydrogen-bond acceptors (Lipinski definition) is 2. The lowest BCUT2D eigenvalue weighted by Crippen LogP contribution is -2.34. The smallest absolute Gasteiger partial charge is 0.251 e. The van der Waals surface area contributed by atoms with E-state index in [-0.39, 0.29) is 11.9 Å². The van der Waals surface area contributed by atoms with Gasteiger partial charge in [0.05, 0.1) is 12.5 Å². The molecule has 90 valence electrons. The van der Waals surface area contributed by atoms with Crippen LogP contribution in [0.4, 0.5) is 0 Å². The Kier molecular flexibility index (Phi) is 4.99. The summed E-state index contributed by atoms with van der Waals surface area (Å²) in [6.07, 6.45) is 1.06. The van der Waals surface area contributed by atoms with Crippen LogP contribution in [0.15, 0.2) is 18.2 Å². The Bertz CT molecular complexity index is 451. The van der Waals surface area contributed by atoms with Gasteiger partial charge in [-0.2, -0.15) is 5.26 Å². The number of nitrogens with one attached hydrogen (secondary N) is 1. The molecule has 4 heteroatoms. The normalized spacial score (nSPS) is 11.6. The summed E-state index contributed by atoms with van der Waals surface area (Å²) in [6, 6.07) is 7.16. The fraction of sp³-hybridized carbons (Fsp3) is 0.385. The fourth-order valence-corrected chi connectivity index (χ4v) is 1.68. The fourth-order valence-electron chi connectivity index (χ4n) is 1.51. The number of aryl methyl sites for hydroxylation is 1. The molecule has 1 atom stereocenters. The third kappa shape index (κ3) is 3.76. The second-order valence-electron chi connectivity index (χ2n) is 3.90. The van der Waals surface area contributed by atoms with Crippen LogP contribution in [-0.4, -0.2) is 11.9 Å². The molecule has 1 aromatic carbocycles. The molecule has 3 nitrogen and oxygen atoms in total. The molecule has 0 saturated carbocycles. The molecule has 0 fully saturated rings. The molecule has 0 saturated heterocycles. The molecule has 1 aromatic rings. The molecular formula is C13H15ClN2O. The van der Waals surface area contributed by atoms with Gasteiger partial charge in [-0.1, -0.05) is 24.6 Å². The third-order valence-electron chi connectivity index (χ3n) is 2.61. The number of rotatable bonds is 4. The number of nitriles is 1. The Morgan fingerprint density at radius 3 is 2.88 bits per heavy atom. The van der Waals surface area contributed by atoms with Crippen molar-refractivity contribution in [2.75, 3.05) is 0 Å². The van der Waals surface area contributed by atoms with Crippen molar-refractivity contribution in [2.45, 2.75) is 32.7 Å². The molecule has 0 bridgehead atoms. The summed E-state index contributed by atoms with van der Waals surface area (Å²) < 4.78 is 0. The molecule has 17 heavy (non-hydrogen) atoms. The molecule has 0 aromatic heterocycles. The van der Waals surface area contributed by atoms with Crippen LogP contribution < -0.4 is 5.32 Å². The van der Waals surface area contributed by atoms with E-state index in [0.29, 0.717) is 17.0 Å². The van der Waals surface area contributed by atoms with Crippen molar-refractivity contribution >= 4 is 17.5 Å². The lowest BCUT2D eigenvalue weighted by molar-refractivity contribution is 0.0936. The maximum absolute atomic E-state index is 12.0.